The lowest BCUT2D eigenvalue weighted by atomic mass is 10.1. The monoisotopic (exact) mass is 279 g/mol. The molecule has 2 aromatic heterocycles. The second kappa shape index (κ2) is 6.00. The summed E-state index contributed by atoms with van der Waals surface area (Å²) in [6.45, 7) is 5.33. The molecule has 0 spiro atoms. The first-order chi connectivity index (χ1) is 10.3. The predicted octanol–water partition coefficient (Wildman–Crippen LogP) is 4.39. The average molecular weight is 279 g/mol. The van der Waals surface area contributed by atoms with E-state index in [4.69, 9.17) is 4.98 Å². The quantitative estimate of drug-likeness (QED) is 0.750. The molecule has 0 atom stereocenters. The van der Waals surface area contributed by atoms with Gasteiger partial charge in [0.2, 0.25) is 0 Å². The number of anilines is 1. The lowest BCUT2D eigenvalue weighted by Gasteiger charge is -2.04. The number of fused-ring (bicyclic) bond motifs is 1. The molecule has 21 heavy (non-hydrogen) atoms. The van der Waals surface area contributed by atoms with Crippen molar-refractivity contribution in [1.29, 1.82) is 0 Å². The Morgan fingerprint density at radius 2 is 1.81 bits per heavy atom. The summed E-state index contributed by atoms with van der Waals surface area (Å²) in [4.78, 5) is 4.70. The molecule has 108 valence electrons. The molecule has 3 aromatic rings. The highest BCUT2D eigenvalue weighted by molar-refractivity contribution is 5.64. The van der Waals surface area contributed by atoms with Gasteiger partial charge in [-0.05, 0) is 30.5 Å². The van der Waals surface area contributed by atoms with Gasteiger partial charge in [-0.1, -0.05) is 38.1 Å². The number of benzene rings is 1. The number of rotatable bonds is 5. The van der Waals surface area contributed by atoms with Crippen LogP contribution in [0.5, 0.6) is 0 Å². The van der Waals surface area contributed by atoms with E-state index in [1.54, 1.807) is 0 Å². The Morgan fingerprint density at radius 1 is 1.00 bits per heavy atom. The van der Waals surface area contributed by atoms with Gasteiger partial charge in [-0.2, -0.15) is 0 Å². The normalized spacial score (nSPS) is 11.0. The Hall–Kier alpha value is -2.29. The van der Waals surface area contributed by atoms with Crippen LogP contribution >= 0.6 is 0 Å². The minimum Gasteiger partial charge on any atom is -0.384 e. The molecule has 3 nitrogen and oxygen atoms in total. The van der Waals surface area contributed by atoms with E-state index in [0.29, 0.717) is 0 Å². The van der Waals surface area contributed by atoms with Crippen molar-refractivity contribution in [3.05, 3.63) is 54.4 Å². The summed E-state index contributed by atoms with van der Waals surface area (Å²) in [5, 5.41) is 3.40. The molecule has 0 unspecified atom stereocenters. The molecule has 1 N–H and O–H groups in total. The third-order valence-electron chi connectivity index (χ3n) is 3.69. The van der Waals surface area contributed by atoms with Crippen LogP contribution in [0.1, 0.15) is 25.8 Å². The molecule has 0 radical (unpaired) electrons. The van der Waals surface area contributed by atoms with E-state index in [0.717, 1.165) is 36.4 Å². The molecule has 0 bridgehead atoms. The second-order valence-electron chi connectivity index (χ2n) is 5.29. The first-order valence-electron chi connectivity index (χ1n) is 7.62. The van der Waals surface area contributed by atoms with Gasteiger partial charge in [-0.3, -0.25) is 0 Å². The van der Waals surface area contributed by atoms with E-state index in [1.807, 2.05) is 0 Å². The van der Waals surface area contributed by atoms with Crippen LogP contribution in [0.2, 0.25) is 0 Å². The molecule has 0 aliphatic carbocycles. The standard InChI is InChI=1S/C18H21N3/c1-3-11-19-16-9-10-18-20-17(13-21(18)12-16)15-7-5-14(4-2)6-8-15/h5-10,12-13,19H,3-4,11H2,1-2H3. The minimum atomic E-state index is 0.978. The first-order valence-corrected chi connectivity index (χ1v) is 7.62. The molecule has 2 heterocycles. The summed E-state index contributed by atoms with van der Waals surface area (Å²) < 4.78 is 2.08. The van der Waals surface area contributed by atoms with Crippen molar-refractivity contribution in [2.45, 2.75) is 26.7 Å². The van der Waals surface area contributed by atoms with Crippen LogP contribution in [0, 0.1) is 0 Å². The van der Waals surface area contributed by atoms with Crippen LogP contribution in [0.25, 0.3) is 16.9 Å². The zero-order valence-corrected chi connectivity index (χ0v) is 12.6. The maximum Gasteiger partial charge on any atom is 0.137 e. The smallest absolute Gasteiger partial charge is 0.137 e. The van der Waals surface area contributed by atoms with Crippen molar-refractivity contribution in [3.63, 3.8) is 0 Å². The molecule has 0 aliphatic rings. The number of imidazole rings is 1. The Morgan fingerprint density at radius 3 is 2.52 bits per heavy atom. The van der Waals surface area contributed by atoms with Crippen LogP contribution in [0.15, 0.2) is 48.8 Å². The number of hydrogen-bond acceptors (Lipinski definition) is 2. The number of hydrogen-bond donors (Lipinski definition) is 1. The zero-order valence-electron chi connectivity index (χ0n) is 12.6. The fraction of sp³-hybridized carbons (Fsp3) is 0.278. The van der Waals surface area contributed by atoms with Gasteiger partial charge in [-0.25, -0.2) is 4.98 Å². The highest BCUT2D eigenvalue weighted by Gasteiger charge is 2.05. The van der Waals surface area contributed by atoms with E-state index < -0.39 is 0 Å². The summed E-state index contributed by atoms with van der Waals surface area (Å²) in [7, 11) is 0. The maximum absolute atomic E-state index is 4.70. The van der Waals surface area contributed by atoms with Crippen LogP contribution in [-0.4, -0.2) is 15.9 Å². The maximum atomic E-state index is 4.70. The topological polar surface area (TPSA) is 29.3 Å². The van der Waals surface area contributed by atoms with Gasteiger partial charge in [0.05, 0.1) is 11.4 Å². The van der Waals surface area contributed by atoms with Gasteiger partial charge in [0.25, 0.3) is 0 Å². The van der Waals surface area contributed by atoms with Gasteiger partial charge in [0.1, 0.15) is 5.65 Å². The van der Waals surface area contributed by atoms with Crippen molar-refractivity contribution in [2.24, 2.45) is 0 Å². The van der Waals surface area contributed by atoms with E-state index in [1.165, 1.54) is 11.1 Å². The van der Waals surface area contributed by atoms with Gasteiger partial charge < -0.3 is 9.72 Å². The van der Waals surface area contributed by atoms with Crippen molar-refractivity contribution < 1.29 is 0 Å². The van der Waals surface area contributed by atoms with Crippen molar-refractivity contribution in [1.82, 2.24) is 9.38 Å². The minimum absolute atomic E-state index is 0.978. The van der Waals surface area contributed by atoms with E-state index >= 15 is 0 Å². The van der Waals surface area contributed by atoms with Crippen molar-refractivity contribution in [3.8, 4) is 11.3 Å². The van der Waals surface area contributed by atoms with Crippen LogP contribution in [0.4, 0.5) is 5.69 Å². The zero-order chi connectivity index (χ0) is 14.7. The molecule has 0 fully saturated rings. The summed E-state index contributed by atoms with van der Waals surface area (Å²) >= 11 is 0. The lowest BCUT2D eigenvalue weighted by Crippen LogP contribution is -2.00. The number of pyridine rings is 1. The van der Waals surface area contributed by atoms with Gasteiger partial charge in [0, 0.05) is 24.5 Å². The first kappa shape index (κ1) is 13.7. The van der Waals surface area contributed by atoms with Crippen molar-refractivity contribution >= 4 is 11.3 Å². The van der Waals surface area contributed by atoms with Crippen LogP contribution in [-0.2, 0) is 6.42 Å². The molecule has 0 aliphatic heterocycles. The number of nitrogens with zero attached hydrogens (tertiary/aromatic N) is 2. The van der Waals surface area contributed by atoms with E-state index in [9.17, 15) is 0 Å². The molecular weight excluding hydrogens is 258 g/mol. The molecule has 1 aromatic carbocycles. The fourth-order valence-electron chi connectivity index (χ4n) is 2.42. The number of nitrogens with one attached hydrogen (secondary N) is 1. The Balaban J connectivity index is 1.92. The second-order valence-corrected chi connectivity index (χ2v) is 5.29. The molecule has 3 rings (SSSR count). The SMILES string of the molecule is CCCNc1ccc2nc(-c3ccc(CC)cc3)cn2c1. The molecule has 3 heteroatoms. The predicted molar refractivity (Wildman–Crippen MR) is 88.8 cm³/mol. The number of aromatic nitrogens is 2. The van der Waals surface area contributed by atoms with Crippen molar-refractivity contribution in [2.75, 3.05) is 11.9 Å². The summed E-state index contributed by atoms with van der Waals surface area (Å²) in [5.74, 6) is 0. The van der Waals surface area contributed by atoms with Gasteiger partial charge in [0.15, 0.2) is 0 Å². The van der Waals surface area contributed by atoms with E-state index in [2.05, 4.69) is 72.4 Å². The third kappa shape index (κ3) is 2.92. The highest BCUT2D eigenvalue weighted by atomic mass is 15.0. The van der Waals surface area contributed by atoms with Gasteiger partial charge in [-0.15, -0.1) is 0 Å². The van der Waals surface area contributed by atoms with E-state index in [-0.39, 0.29) is 0 Å². The van der Waals surface area contributed by atoms with Gasteiger partial charge >= 0.3 is 0 Å². The lowest BCUT2D eigenvalue weighted by molar-refractivity contribution is 0.976. The molecule has 0 saturated heterocycles. The largest absolute Gasteiger partial charge is 0.384 e. The summed E-state index contributed by atoms with van der Waals surface area (Å²) in [5.41, 5.74) is 5.65. The van der Waals surface area contributed by atoms with Crippen LogP contribution in [0.3, 0.4) is 0 Å². The summed E-state index contributed by atoms with van der Waals surface area (Å²) in [6.07, 6.45) is 6.38. The molecule has 0 saturated carbocycles. The third-order valence-corrected chi connectivity index (χ3v) is 3.69. The summed E-state index contributed by atoms with van der Waals surface area (Å²) in [6, 6.07) is 12.8. The fourth-order valence-corrected chi connectivity index (χ4v) is 2.42. The Kier molecular flexibility index (Phi) is 3.91. The molecule has 0 amide bonds. The average Bonchev–Trinajstić information content (AvgIpc) is 2.96. The Bertz CT molecular complexity index is 726. The Labute approximate surface area is 125 Å². The number of aryl methyl sites for hydroxylation is 1. The molecular formula is C18H21N3. The van der Waals surface area contributed by atoms with Crippen LogP contribution < -0.4 is 5.32 Å². The highest BCUT2D eigenvalue weighted by Crippen LogP contribution is 2.21.